The molecule has 0 aliphatic carbocycles. The van der Waals surface area contributed by atoms with Crippen LogP contribution in [0.5, 0.6) is 0 Å². The van der Waals surface area contributed by atoms with Crippen LogP contribution in [-0.4, -0.2) is 17.4 Å². The van der Waals surface area contributed by atoms with Crippen LogP contribution in [0.4, 0.5) is 0 Å². The molecule has 0 rings (SSSR count). The predicted molar refractivity (Wildman–Crippen MR) is 55.6 cm³/mol. The van der Waals surface area contributed by atoms with Crippen LogP contribution in [0.3, 0.4) is 0 Å². The fourth-order valence-electron chi connectivity index (χ4n) is 0.922. The van der Waals surface area contributed by atoms with Crippen LogP contribution in [0.25, 0.3) is 0 Å². The molecule has 0 amide bonds. The molecule has 4 heteroatoms. The molecule has 0 aliphatic rings. The van der Waals surface area contributed by atoms with E-state index in [0.717, 1.165) is 6.04 Å². The molecule has 0 bridgehead atoms. The van der Waals surface area contributed by atoms with Crippen molar-refractivity contribution in [2.75, 3.05) is 0 Å². The molecular formula is C7H19NOSi2. The van der Waals surface area contributed by atoms with Crippen molar-refractivity contribution in [2.45, 2.75) is 32.2 Å². The van der Waals surface area contributed by atoms with Gasteiger partial charge in [-0.25, -0.2) is 0 Å². The summed E-state index contributed by atoms with van der Waals surface area (Å²) in [5.41, 5.74) is 5.24. The lowest BCUT2D eigenvalue weighted by molar-refractivity contribution is 0.578. The lowest BCUT2D eigenvalue weighted by atomic mass is 10.7. The van der Waals surface area contributed by atoms with Gasteiger partial charge in [-0.15, -0.1) is 0 Å². The summed E-state index contributed by atoms with van der Waals surface area (Å²) in [6.45, 7) is 8.90. The molecule has 0 aromatic carbocycles. The summed E-state index contributed by atoms with van der Waals surface area (Å²) in [7, 11) is -2.23. The number of hydrogen-bond donors (Lipinski definition) is 1. The highest BCUT2D eigenvalue weighted by atomic mass is 28.4. The Bertz CT molecular complexity index is 131. The number of allylic oxidation sites excluding steroid dienone is 1. The molecule has 0 aromatic heterocycles. The normalized spacial score (nSPS) is 15.6. The molecule has 2 N–H and O–H groups in total. The van der Waals surface area contributed by atoms with Crippen molar-refractivity contribution in [1.29, 1.82) is 0 Å². The van der Waals surface area contributed by atoms with Gasteiger partial charge in [-0.2, -0.15) is 0 Å². The van der Waals surface area contributed by atoms with E-state index < -0.39 is 17.4 Å². The zero-order valence-corrected chi connectivity index (χ0v) is 10.1. The molecular weight excluding hydrogens is 170 g/mol. The van der Waals surface area contributed by atoms with E-state index in [4.69, 9.17) is 9.85 Å². The summed E-state index contributed by atoms with van der Waals surface area (Å²) in [6.07, 6.45) is 3.61. The van der Waals surface area contributed by atoms with Gasteiger partial charge in [0.05, 0.1) is 0 Å². The Labute approximate surface area is 72.3 Å². The van der Waals surface area contributed by atoms with E-state index in [1.807, 2.05) is 6.08 Å². The van der Waals surface area contributed by atoms with E-state index >= 15 is 0 Å². The quantitative estimate of drug-likeness (QED) is 0.683. The Balaban J connectivity index is 3.60. The lowest BCUT2D eigenvalue weighted by Gasteiger charge is -2.21. The molecule has 0 spiro atoms. The van der Waals surface area contributed by atoms with Crippen LogP contribution in [0, 0.1) is 0 Å². The van der Waals surface area contributed by atoms with E-state index in [9.17, 15) is 0 Å². The van der Waals surface area contributed by atoms with Gasteiger partial charge < -0.3 is 9.85 Å². The van der Waals surface area contributed by atoms with Crippen molar-refractivity contribution in [3.63, 3.8) is 0 Å². The number of rotatable bonds is 4. The summed E-state index contributed by atoms with van der Waals surface area (Å²) < 4.78 is 5.91. The van der Waals surface area contributed by atoms with Gasteiger partial charge >= 0.3 is 0 Å². The fraction of sp³-hybridized carbons (Fsp3) is 0.714. The van der Waals surface area contributed by atoms with E-state index in [-0.39, 0.29) is 0 Å². The minimum absolute atomic E-state index is 0.950. The summed E-state index contributed by atoms with van der Waals surface area (Å²) in [6, 6.07) is 1.06. The van der Waals surface area contributed by atoms with E-state index in [1.165, 1.54) is 0 Å². The monoisotopic (exact) mass is 189 g/mol. The third kappa shape index (κ3) is 7.83. The molecule has 0 radical (unpaired) electrons. The first-order chi connectivity index (χ1) is 4.95. The van der Waals surface area contributed by atoms with Gasteiger partial charge in [0.15, 0.2) is 17.4 Å². The van der Waals surface area contributed by atoms with Crippen LogP contribution in [0.15, 0.2) is 12.3 Å². The molecule has 1 unspecified atom stereocenters. The fourth-order valence-corrected chi connectivity index (χ4v) is 6.68. The Morgan fingerprint density at radius 1 is 1.45 bits per heavy atom. The lowest BCUT2D eigenvalue weighted by Crippen LogP contribution is -2.32. The maximum Gasteiger partial charge on any atom is 0.170 e. The second-order valence-corrected chi connectivity index (χ2v) is 11.0. The number of hydrogen-bond acceptors (Lipinski definition) is 2. The highest BCUT2D eigenvalue weighted by Crippen LogP contribution is 2.07. The molecule has 66 valence electrons. The topological polar surface area (TPSA) is 35.2 Å². The zero-order valence-electron chi connectivity index (χ0n) is 7.92. The largest absolute Gasteiger partial charge is 0.458 e. The smallest absolute Gasteiger partial charge is 0.170 e. The van der Waals surface area contributed by atoms with Gasteiger partial charge in [0.2, 0.25) is 0 Å². The van der Waals surface area contributed by atoms with Crippen molar-refractivity contribution in [1.82, 2.24) is 0 Å². The highest BCUT2D eigenvalue weighted by Gasteiger charge is 2.17. The van der Waals surface area contributed by atoms with Crippen LogP contribution >= 0.6 is 0 Å². The molecule has 2 nitrogen and oxygen atoms in total. The van der Waals surface area contributed by atoms with Crippen molar-refractivity contribution < 1.29 is 4.12 Å². The van der Waals surface area contributed by atoms with E-state index in [0.29, 0.717) is 0 Å². The van der Waals surface area contributed by atoms with Crippen LogP contribution < -0.4 is 5.73 Å². The molecule has 0 saturated carbocycles. The molecule has 0 aromatic rings. The first kappa shape index (κ1) is 10.9. The van der Waals surface area contributed by atoms with Crippen molar-refractivity contribution in [3.05, 3.63) is 12.3 Å². The molecule has 0 heterocycles. The van der Waals surface area contributed by atoms with Gasteiger partial charge in [0.25, 0.3) is 0 Å². The standard InChI is InChI=1S/C7H19NOSi2/c1-10(7-5-6-8)9-11(2,3)4/h5-6,10H,7-8H2,1-4H3. The van der Waals surface area contributed by atoms with Crippen molar-refractivity contribution in [3.8, 4) is 0 Å². The molecule has 0 fully saturated rings. The van der Waals surface area contributed by atoms with Crippen molar-refractivity contribution >= 4 is 17.4 Å². The zero-order chi connectivity index (χ0) is 8.91. The maximum atomic E-state index is 5.91. The highest BCUT2D eigenvalue weighted by molar-refractivity contribution is 6.77. The SMILES string of the molecule is C[SiH](CC=CN)O[Si](C)(C)C. The van der Waals surface area contributed by atoms with Gasteiger partial charge in [-0.05, 0) is 38.4 Å². The van der Waals surface area contributed by atoms with Crippen LogP contribution in [0.2, 0.25) is 32.2 Å². The van der Waals surface area contributed by atoms with Gasteiger partial charge in [-0.1, -0.05) is 6.08 Å². The molecule has 0 aliphatic heterocycles. The van der Waals surface area contributed by atoms with E-state index in [1.54, 1.807) is 6.20 Å². The maximum absolute atomic E-state index is 5.91. The average Bonchev–Trinajstić information content (AvgIpc) is 1.79. The first-order valence-corrected chi connectivity index (χ1v) is 9.85. The Morgan fingerprint density at radius 2 is 2.00 bits per heavy atom. The average molecular weight is 189 g/mol. The second kappa shape index (κ2) is 4.74. The summed E-state index contributed by atoms with van der Waals surface area (Å²) in [5, 5.41) is 0. The minimum Gasteiger partial charge on any atom is -0.458 e. The first-order valence-electron chi connectivity index (χ1n) is 4.00. The third-order valence-corrected chi connectivity index (χ3v) is 6.53. The van der Waals surface area contributed by atoms with Crippen LogP contribution in [0.1, 0.15) is 0 Å². The van der Waals surface area contributed by atoms with Gasteiger partial charge in [0.1, 0.15) is 0 Å². The minimum atomic E-state index is -1.28. The van der Waals surface area contributed by atoms with Crippen LogP contribution in [-0.2, 0) is 4.12 Å². The van der Waals surface area contributed by atoms with Crippen molar-refractivity contribution in [2.24, 2.45) is 5.73 Å². The molecule has 11 heavy (non-hydrogen) atoms. The summed E-state index contributed by atoms with van der Waals surface area (Å²) in [5.74, 6) is 0. The Kier molecular flexibility index (Phi) is 4.71. The Hall–Kier alpha value is -0.0662. The molecule has 1 atom stereocenters. The predicted octanol–water partition coefficient (Wildman–Crippen LogP) is 1.66. The molecule has 0 saturated heterocycles. The summed E-state index contributed by atoms with van der Waals surface area (Å²) >= 11 is 0. The third-order valence-electron chi connectivity index (χ3n) is 1.16. The second-order valence-electron chi connectivity index (χ2n) is 3.70. The summed E-state index contributed by atoms with van der Waals surface area (Å²) in [4.78, 5) is 0. The van der Waals surface area contributed by atoms with E-state index in [2.05, 4.69) is 26.2 Å². The number of nitrogens with two attached hydrogens (primary N) is 1. The van der Waals surface area contributed by atoms with Gasteiger partial charge in [0, 0.05) is 0 Å². The van der Waals surface area contributed by atoms with Gasteiger partial charge in [-0.3, -0.25) is 0 Å². The Morgan fingerprint density at radius 3 is 2.36 bits per heavy atom.